The van der Waals surface area contributed by atoms with Gasteiger partial charge in [0.25, 0.3) is 0 Å². The number of fused-ring (bicyclic) bond motifs is 1. The summed E-state index contributed by atoms with van der Waals surface area (Å²) in [5.74, 6) is 0.683. The predicted molar refractivity (Wildman–Crippen MR) is 99.1 cm³/mol. The van der Waals surface area contributed by atoms with Crippen LogP contribution in [0.25, 0.3) is 0 Å². The summed E-state index contributed by atoms with van der Waals surface area (Å²) in [7, 11) is -7.48. The number of sulfonamides is 1. The minimum absolute atomic E-state index is 0.0244. The molecule has 1 aliphatic heterocycles. The van der Waals surface area contributed by atoms with Gasteiger partial charge >= 0.3 is 0 Å². The standard InChI is InChI=1S/C17H20N2O6S2/c1-2-26(20,21)19-12-17(13-4-3-7-18-11-13)27(22,23)14-5-6-15-16(10-14)25-9-8-24-15/h3-7,10-11,17,19H,2,8-9,12H2,1H3/t17-/m1/s1. The van der Waals surface area contributed by atoms with Gasteiger partial charge in [-0.15, -0.1) is 0 Å². The van der Waals surface area contributed by atoms with Gasteiger partial charge in [0.2, 0.25) is 10.0 Å². The van der Waals surface area contributed by atoms with Crippen LogP contribution < -0.4 is 14.2 Å². The van der Waals surface area contributed by atoms with Gasteiger partial charge in [0, 0.05) is 25.0 Å². The summed E-state index contributed by atoms with van der Waals surface area (Å²) in [5, 5.41) is -1.13. The van der Waals surface area contributed by atoms with Crippen molar-refractivity contribution in [3.05, 3.63) is 48.3 Å². The molecule has 0 unspecified atom stereocenters. The Bertz CT molecular complexity index is 1010. The van der Waals surface area contributed by atoms with Crippen LogP contribution in [0.5, 0.6) is 11.5 Å². The van der Waals surface area contributed by atoms with Crippen molar-refractivity contribution >= 4 is 19.9 Å². The molecule has 0 amide bonds. The number of nitrogens with zero attached hydrogens (tertiary/aromatic N) is 1. The molecule has 2 aromatic rings. The molecule has 0 radical (unpaired) electrons. The summed E-state index contributed by atoms with van der Waals surface area (Å²) in [4.78, 5) is 3.99. The molecule has 10 heteroatoms. The van der Waals surface area contributed by atoms with Crippen LogP contribution in [0.15, 0.2) is 47.6 Å². The molecule has 0 saturated heterocycles. The minimum atomic E-state index is -3.92. The highest BCUT2D eigenvalue weighted by atomic mass is 32.2. The number of ether oxygens (including phenoxy) is 2. The molecule has 0 spiro atoms. The molecule has 27 heavy (non-hydrogen) atoms. The quantitative estimate of drug-likeness (QED) is 0.730. The van der Waals surface area contributed by atoms with Crippen LogP contribution in [0.1, 0.15) is 17.7 Å². The number of aromatic nitrogens is 1. The lowest BCUT2D eigenvalue weighted by atomic mass is 10.2. The van der Waals surface area contributed by atoms with Crippen molar-refractivity contribution in [1.29, 1.82) is 0 Å². The minimum Gasteiger partial charge on any atom is -0.486 e. The summed E-state index contributed by atoms with van der Waals surface area (Å²) < 4.78 is 63.4. The van der Waals surface area contributed by atoms with Crippen molar-refractivity contribution in [2.75, 3.05) is 25.5 Å². The van der Waals surface area contributed by atoms with Crippen LogP contribution >= 0.6 is 0 Å². The second-order valence-corrected chi connectivity index (χ2v) is 10.1. The van der Waals surface area contributed by atoms with Gasteiger partial charge < -0.3 is 9.47 Å². The maximum absolute atomic E-state index is 13.3. The fourth-order valence-electron chi connectivity index (χ4n) is 2.64. The number of sulfone groups is 1. The molecule has 3 rings (SSSR count). The van der Waals surface area contributed by atoms with Crippen LogP contribution in [0.4, 0.5) is 0 Å². The lowest BCUT2D eigenvalue weighted by Crippen LogP contribution is -2.33. The van der Waals surface area contributed by atoms with Gasteiger partial charge in [-0.1, -0.05) is 6.07 Å². The first-order chi connectivity index (χ1) is 12.8. The van der Waals surface area contributed by atoms with Gasteiger partial charge in [0.15, 0.2) is 21.3 Å². The summed E-state index contributed by atoms with van der Waals surface area (Å²) in [6.07, 6.45) is 2.94. The zero-order chi connectivity index (χ0) is 19.5. The number of hydrogen-bond acceptors (Lipinski definition) is 7. The lowest BCUT2D eigenvalue weighted by Gasteiger charge is -2.21. The second kappa shape index (κ2) is 7.83. The van der Waals surface area contributed by atoms with Crippen molar-refractivity contribution in [2.45, 2.75) is 17.1 Å². The number of hydrogen-bond donors (Lipinski definition) is 1. The lowest BCUT2D eigenvalue weighted by molar-refractivity contribution is 0.171. The van der Waals surface area contributed by atoms with Crippen molar-refractivity contribution in [3.8, 4) is 11.5 Å². The third kappa shape index (κ3) is 4.40. The summed E-state index contributed by atoms with van der Waals surface area (Å²) in [5.41, 5.74) is 0.395. The van der Waals surface area contributed by atoms with E-state index in [-0.39, 0.29) is 17.2 Å². The molecule has 1 aromatic carbocycles. The van der Waals surface area contributed by atoms with Gasteiger partial charge in [0.1, 0.15) is 18.5 Å². The highest BCUT2D eigenvalue weighted by Crippen LogP contribution is 2.36. The van der Waals surface area contributed by atoms with Gasteiger partial charge in [0.05, 0.1) is 10.6 Å². The van der Waals surface area contributed by atoms with Gasteiger partial charge in [-0.2, -0.15) is 0 Å². The molecular formula is C17H20N2O6S2. The fourth-order valence-corrected chi connectivity index (χ4v) is 5.03. The number of nitrogens with one attached hydrogen (secondary N) is 1. The van der Waals surface area contributed by atoms with E-state index in [0.29, 0.717) is 30.3 Å². The Morgan fingerprint density at radius 1 is 1.11 bits per heavy atom. The van der Waals surface area contributed by atoms with Crippen LogP contribution in [0.2, 0.25) is 0 Å². The first-order valence-corrected chi connectivity index (χ1v) is 11.5. The Morgan fingerprint density at radius 3 is 2.52 bits per heavy atom. The third-order valence-corrected chi connectivity index (χ3v) is 7.61. The van der Waals surface area contributed by atoms with E-state index in [9.17, 15) is 16.8 Å². The number of pyridine rings is 1. The Morgan fingerprint density at radius 2 is 1.85 bits per heavy atom. The summed E-state index contributed by atoms with van der Waals surface area (Å²) in [6.45, 7) is 1.92. The summed E-state index contributed by atoms with van der Waals surface area (Å²) >= 11 is 0. The van der Waals surface area contributed by atoms with E-state index in [1.165, 1.54) is 37.5 Å². The molecular weight excluding hydrogens is 392 g/mol. The van der Waals surface area contributed by atoms with Gasteiger partial charge in [-0.25, -0.2) is 21.6 Å². The largest absolute Gasteiger partial charge is 0.486 e. The predicted octanol–water partition coefficient (Wildman–Crippen LogP) is 1.31. The monoisotopic (exact) mass is 412 g/mol. The van der Waals surface area contributed by atoms with E-state index in [1.807, 2.05) is 0 Å². The van der Waals surface area contributed by atoms with E-state index in [0.717, 1.165) is 0 Å². The molecule has 1 aromatic heterocycles. The van der Waals surface area contributed by atoms with E-state index >= 15 is 0 Å². The van der Waals surface area contributed by atoms with Gasteiger partial charge in [-0.3, -0.25) is 4.98 Å². The molecule has 1 N–H and O–H groups in total. The van der Waals surface area contributed by atoms with Gasteiger partial charge in [-0.05, 0) is 30.7 Å². The summed E-state index contributed by atoms with van der Waals surface area (Å²) in [6, 6.07) is 7.59. The molecule has 0 fully saturated rings. The topological polar surface area (TPSA) is 112 Å². The van der Waals surface area contributed by atoms with Crippen molar-refractivity contribution in [2.24, 2.45) is 0 Å². The Labute approximate surface area is 158 Å². The Hall–Kier alpha value is -2.17. The normalized spacial score (nSPS) is 15.3. The highest BCUT2D eigenvalue weighted by molar-refractivity contribution is 7.92. The van der Waals surface area contributed by atoms with E-state index < -0.39 is 25.1 Å². The van der Waals surface area contributed by atoms with E-state index in [4.69, 9.17) is 9.47 Å². The maximum Gasteiger partial charge on any atom is 0.211 e. The second-order valence-electron chi connectivity index (χ2n) is 5.88. The molecule has 0 bridgehead atoms. The van der Waals surface area contributed by atoms with Crippen LogP contribution in [-0.2, 0) is 19.9 Å². The zero-order valence-corrected chi connectivity index (χ0v) is 16.3. The molecule has 1 atom stereocenters. The SMILES string of the molecule is CCS(=O)(=O)NC[C@H](c1cccnc1)S(=O)(=O)c1ccc2c(c1)OCCO2. The average molecular weight is 412 g/mol. The first kappa shape index (κ1) is 19.6. The van der Waals surface area contributed by atoms with E-state index in [1.54, 1.807) is 12.1 Å². The molecule has 0 saturated carbocycles. The van der Waals surface area contributed by atoms with Crippen molar-refractivity contribution in [1.82, 2.24) is 9.71 Å². The zero-order valence-electron chi connectivity index (χ0n) is 14.7. The smallest absolute Gasteiger partial charge is 0.211 e. The molecule has 0 aliphatic carbocycles. The first-order valence-electron chi connectivity index (χ1n) is 8.34. The van der Waals surface area contributed by atoms with Crippen molar-refractivity contribution < 1.29 is 26.3 Å². The Kier molecular flexibility index (Phi) is 5.68. The molecule has 8 nitrogen and oxygen atoms in total. The van der Waals surface area contributed by atoms with Crippen molar-refractivity contribution in [3.63, 3.8) is 0 Å². The number of benzene rings is 1. The fraction of sp³-hybridized carbons (Fsp3) is 0.353. The van der Waals surface area contributed by atoms with Crippen LogP contribution in [0, 0.1) is 0 Å². The van der Waals surface area contributed by atoms with E-state index in [2.05, 4.69) is 9.71 Å². The Balaban J connectivity index is 1.99. The van der Waals surface area contributed by atoms with Crippen LogP contribution in [0.3, 0.4) is 0 Å². The maximum atomic E-state index is 13.3. The van der Waals surface area contributed by atoms with Crippen LogP contribution in [-0.4, -0.2) is 47.3 Å². The molecule has 2 heterocycles. The third-order valence-electron chi connectivity index (χ3n) is 4.14. The number of rotatable bonds is 7. The molecule has 146 valence electrons. The average Bonchev–Trinajstić information content (AvgIpc) is 2.68. The highest BCUT2D eigenvalue weighted by Gasteiger charge is 2.31. The molecule has 1 aliphatic rings.